The number of carbonyl (C=O) groups is 2. The smallest absolute Gasteiger partial charge is 0.304 e. The minimum absolute atomic E-state index is 0.158. The number of carbonyl (C=O) groups excluding carboxylic acids is 2. The molecule has 2 aliphatic rings. The molecule has 0 saturated carbocycles. The molecule has 0 spiro atoms. The van der Waals surface area contributed by atoms with E-state index >= 15 is 0 Å². The van der Waals surface area contributed by atoms with E-state index in [0.717, 1.165) is 0 Å². The first-order chi connectivity index (χ1) is 26.0. The number of rotatable bonds is 8. The van der Waals surface area contributed by atoms with Crippen LogP contribution in [0.15, 0.2) is 24.3 Å². The van der Waals surface area contributed by atoms with Gasteiger partial charge in [0, 0.05) is 75.8 Å². The molecule has 14 heteroatoms. The highest BCUT2D eigenvalue weighted by molar-refractivity contribution is 5.94. The van der Waals surface area contributed by atoms with Crippen molar-refractivity contribution in [1.29, 1.82) is 0 Å². The Balaban J connectivity index is 0.000000208. The molecule has 0 radical (unpaired) electrons. The van der Waals surface area contributed by atoms with Crippen LogP contribution in [0.25, 0.3) is 22.1 Å². The molecule has 288 valence electrons. The maximum absolute atomic E-state index is 14.8. The third-order valence-corrected chi connectivity index (χ3v) is 8.66. The third-order valence-electron chi connectivity index (χ3n) is 8.66. The van der Waals surface area contributed by atoms with Crippen LogP contribution < -0.4 is 19.3 Å². The molecule has 0 bridgehead atoms. The van der Waals surface area contributed by atoms with Crippen molar-refractivity contribution in [3.8, 4) is 35.7 Å². The number of hydrogen-bond acceptors (Lipinski definition) is 10. The van der Waals surface area contributed by atoms with Crippen LogP contribution in [0.4, 0.5) is 20.2 Å². The Labute approximate surface area is 314 Å². The molecule has 4 aromatic rings. The molecule has 0 N–H and O–H groups in total. The highest BCUT2D eigenvalue weighted by Gasteiger charge is 2.24. The number of ether oxygens (including phenoxy) is 4. The zero-order valence-electron chi connectivity index (χ0n) is 31.8. The van der Waals surface area contributed by atoms with Gasteiger partial charge in [-0.2, -0.15) is 9.97 Å². The second-order valence-corrected chi connectivity index (χ2v) is 13.4. The lowest BCUT2D eigenvalue weighted by atomic mass is 10.2. The van der Waals surface area contributed by atoms with Crippen molar-refractivity contribution in [2.75, 3.05) is 76.6 Å². The molecular weight excluding hydrogens is 698 g/mol. The van der Waals surface area contributed by atoms with Gasteiger partial charge in [0.1, 0.15) is 11.6 Å². The minimum Gasteiger partial charge on any atom is -0.468 e. The van der Waals surface area contributed by atoms with Gasteiger partial charge in [-0.1, -0.05) is 27.7 Å². The zero-order valence-corrected chi connectivity index (χ0v) is 31.8. The number of halogens is 2. The second kappa shape index (κ2) is 18.7. The molecule has 2 fully saturated rings. The number of nitrogens with zero attached hydrogens (tertiary/aromatic N) is 6. The maximum Gasteiger partial charge on any atom is 0.304 e. The average molecular weight is 747 g/mol. The van der Waals surface area contributed by atoms with Crippen molar-refractivity contribution in [2.45, 2.75) is 53.4 Å². The summed E-state index contributed by atoms with van der Waals surface area (Å²) in [6.45, 7) is 12.7. The van der Waals surface area contributed by atoms with Gasteiger partial charge in [-0.15, -0.1) is 23.7 Å². The maximum atomic E-state index is 14.8. The Morgan fingerprint density at radius 2 is 1.09 bits per heavy atom. The lowest BCUT2D eigenvalue weighted by Gasteiger charge is -2.29. The van der Waals surface area contributed by atoms with Gasteiger partial charge in [0.15, 0.2) is 0 Å². The molecule has 2 saturated heterocycles. The molecule has 2 aromatic heterocycles. The molecule has 4 heterocycles. The predicted octanol–water partition coefficient (Wildman–Crippen LogP) is 6.20. The van der Waals surface area contributed by atoms with Crippen molar-refractivity contribution in [3.63, 3.8) is 0 Å². The van der Waals surface area contributed by atoms with Crippen LogP contribution >= 0.6 is 0 Å². The van der Waals surface area contributed by atoms with Crippen LogP contribution in [0, 0.1) is 47.2 Å². The van der Waals surface area contributed by atoms with Crippen molar-refractivity contribution in [2.24, 2.45) is 11.8 Å². The Kier molecular flexibility index (Phi) is 13.9. The molecule has 0 unspecified atom stereocenters. The Hall–Kier alpha value is -5.18. The van der Waals surface area contributed by atoms with Gasteiger partial charge in [-0.25, -0.2) is 17.9 Å². The van der Waals surface area contributed by atoms with Crippen molar-refractivity contribution < 1.29 is 37.3 Å². The standard InChI is InChI=1S/2C20H24FN3O3/c1-14(2)6-4-5-7-19(25)24-18-12-15(21)17(23-8-10-27-11-9-23)13-16(18)22-20(24)26-3;1-14(2)6-4-5-7-19(25)24-18-13-17(23-8-10-27-11-9-23)15(21)12-16(18)22-20(24)26-3/h2*12-14H,5,7-11H2,1-3H3. The highest BCUT2D eigenvalue weighted by Crippen LogP contribution is 2.31. The fourth-order valence-corrected chi connectivity index (χ4v) is 6.09. The summed E-state index contributed by atoms with van der Waals surface area (Å²) >= 11 is 0. The van der Waals surface area contributed by atoms with Crippen LogP contribution in [0.2, 0.25) is 0 Å². The summed E-state index contributed by atoms with van der Waals surface area (Å²) < 4.78 is 53.3. The summed E-state index contributed by atoms with van der Waals surface area (Å²) in [6, 6.07) is 6.36. The molecule has 54 heavy (non-hydrogen) atoms. The van der Waals surface area contributed by atoms with E-state index in [0.29, 0.717) is 98.9 Å². The van der Waals surface area contributed by atoms with E-state index < -0.39 is 0 Å². The van der Waals surface area contributed by atoms with Crippen LogP contribution in [-0.2, 0) is 9.47 Å². The van der Waals surface area contributed by atoms with Crippen LogP contribution in [-0.4, -0.2) is 97.7 Å². The topological polar surface area (TPSA) is 113 Å². The molecule has 12 nitrogen and oxygen atoms in total. The number of methoxy groups -OCH3 is 2. The first-order valence-electron chi connectivity index (χ1n) is 18.2. The summed E-state index contributed by atoms with van der Waals surface area (Å²) in [5.74, 6) is 11.5. The van der Waals surface area contributed by atoms with Crippen molar-refractivity contribution in [1.82, 2.24) is 19.1 Å². The Morgan fingerprint density at radius 1 is 0.685 bits per heavy atom. The van der Waals surface area contributed by atoms with Crippen molar-refractivity contribution in [3.05, 3.63) is 35.9 Å². The third kappa shape index (κ3) is 9.67. The second-order valence-electron chi connectivity index (χ2n) is 13.4. The lowest BCUT2D eigenvalue weighted by Crippen LogP contribution is -2.36. The number of aromatic nitrogens is 4. The molecule has 2 aromatic carbocycles. The molecule has 0 amide bonds. The summed E-state index contributed by atoms with van der Waals surface area (Å²) in [6.07, 6.45) is 1.35. The van der Waals surface area contributed by atoms with Crippen molar-refractivity contribution >= 4 is 45.3 Å². The van der Waals surface area contributed by atoms with E-state index in [1.165, 1.54) is 35.5 Å². The molecule has 6 rings (SSSR count). The Bertz CT molecular complexity index is 2070. The van der Waals surface area contributed by atoms with Crippen LogP contribution in [0.5, 0.6) is 12.0 Å². The normalized spacial score (nSPS) is 14.3. The van der Waals surface area contributed by atoms with Gasteiger partial charge in [-0.05, 0) is 12.1 Å². The first-order valence-corrected chi connectivity index (χ1v) is 18.2. The fraction of sp³-hybridized carbons (Fsp3) is 0.500. The van der Waals surface area contributed by atoms with Gasteiger partial charge in [0.25, 0.3) is 0 Å². The number of fused-ring (bicyclic) bond motifs is 2. The molecule has 0 aliphatic carbocycles. The van der Waals surface area contributed by atoms with Gasteiger partial charge >= 0.3 is 12.0 Å². The van der Waals surface area contributed by atoms with E-state index in [-0.39, 0.29) is 60.1 Å². The predicted molar refractivity (Wildman–Crippen MR) is 203 cm³/mol. The summed E-state index contributed by atoms with van der Waals surface area (Å²) in [5, 5.41) is 0. The van der Waals surface area contributed by atoms with E-state index in [1.807, 2.05) is 37.5 Å². The zero-order chi connectivity index (χ0) is 38.8. The van der Waals surface area contributed by atoms with Gasteiger partial charge in [-0.3, -0.25) is 9.59 Å². The first kappa shape index (κ1) is 40.0. The molecular formula is C40H48F2N6O6. The summed E-state index contributed by atoms with van der Waals surface area (Å²) in [5.41, 5.74) is 2.77. The van der Waals surface area contributed by atoms with E-state index in [9.17, 15) is 18.4 Å². The van der Waals surface area contributed by atoms with E-state index in [4.69, 9.17) is 18.9 Å². The Morgan fingerprint density at radius 3 is 1.54 bits per heavy atom. The monoisotopic (exact) mass is 746 g/mol. The minimum atomic E-state index is -0.388. The summed E-state index contributed by atoms with van der Waals surface area (Å²) in [4.78, 5) is 37.9. The van der Waals surface area contributed by atoms with Gasteiger partial charge in [0.05, 0.1) is 74.1 Å². The average Bonchev–Trinajstić information content (AvgIpc) is 3.72. The quantitative estimate of drug-likeness (QED) is 0.193. The van der Waals surface area contributed by atoms with Gasteiger partial charge < -0.3 is 28.7 Å². The SMILES string of the molecule is COc1nc2cc(F)c(N3CCOCC3)cc2n1C(=O)CCC#CC(C)C.COc1nc2cc(N3CCOCC3)c(F)cc2n1C(=O)CCC#CC(C)C. The number of anilines is 2. The lowest BCUT2D eigenvalue weighted by molar-refractivity contribution is 0.0889. The van der Waals surface area contributed by atoms with Gasteiger partial charge in [0.2, 0.25) is 11.8 Å². The molecule has 0 atom stereocenters. The van der Waals surface area contributed by atoms with Crippen LogP contribution in [0.3, 0.4) is 0 Å². The fourth-order valence-electron chi connectivity index (χ4n) is 6.09. The number of benzene rings is 2. The highest BCUT2D eigenvalue weighted by atomic mass is 19.1. The summed E-state index contributed by atoms with van der Waals surface area (Å²) in [7, 11) is 2.89. The number of imidazole rings is 2. The van der Waals surface area contributed by atoms with E-state index in [2.05, 4.69) is 33.6 Å². The van der Waals surface area contributed by atoms with E-state index in [1.54, 1.807) is 12.1 Å². The number of morpholine rings is 2. The van der Waals surface area contributed by atoms with Crippen LogP contribution in [0.1, 0.15) is 63.0 Å². The molecule has 2 aliphatic heterocycles. The largest absolute Gasteiger partial charge is 0.468 e. The number of hydrogen-bond donors (Lipinski definition) is 0.